The van der Waals surface area contributed by atoms with Crippen molar-refractivity contribution in [1.29, 1.82) is 0 Å². The minimum absolute atomic E-state index is 0.167. The third kappa shape index (κ3) is 1.93. The van der Waals surface area contributed by atoms with Crippen molar-refractivity contribution in [3.63, 3.8) is 0 Å². The molecule has 0 fully saturated rings. The van der Waals surface area contributed by atoms with Crippen molar-refractivity contribution in [2.24, 2.45) is 11.6 Å². The zero-order valence-electron chi connectivity index (χ0n) is 6.82. The van der Waals surface area contributed by atoms with Gasteiger partial charge in [-0.05, 0) is 36.8 Å². The van der Waals surface area contributed by atoms with E-state index in [0.29, 0.717) is 0 Å². The average Bonchev–Trinajstić information content (AvgIpc) is 2.03. The van der Waals surface area contributed by atoms with Gasteiger partial charge in [0, 0.05) is 0 Å². The maximum absolute atomic E-state index is 5.57. The molecule has 1 aromatic rings. The van der Waals surface area contributed by atoms with Crippen molar-refractivity contribution >= 4 is 23.0 Å². The van der Waals surface area contributed by atoms with E-state index >= 15 is 0 Å². The highest BCUT2D eigenvalue weighted by molar-refractivity contribution is 7.80. The smallest absolute Gasteiger partial charge is 0.185 e. The first kappa shape index (κ1) is 8.96. The molecule has 12 heavy (non-hydrogen) atoms. The minimum Gasteiger partial charge on any atom is -0.375 e. The summed E-state index contributed by atoms with van der Waals surface area (Å²) < 4.78 is 0. The second-order valence-electron chi connectivity index (χ2n) is 2.55. The summed E-state index contributed by atoms with van der Waals surface area (Å²) in [6.07, 6.45) is 0. The van der Waals surface area contributed by atoms with Gasteiger partial charge in [-0.15, -0.1) is 0 Å². The summed E-state index contributed by atoms with van der Waals surface area (Å²) in [6, 6.07) is 7.66. The molecular weight excluding hydrogens is 170 g/mol. The van der Waals surface area contributed by atoms with Crippen molar-refractivity contribution in [2.45, 2.75) is 6.92 Å². The number of hydrazine groups is 1. The van der Waals surface area contributed by atoms with Crippen LogP contribution in [0, 0.1) is 6.92 Å². The van der Waals surface area contributed by atoms with Crippen LogP contribution in [0.15, 0.2) is 24.3 Å². The summed E-state index contributed by atoms with van der Waals surface area (Å²) in [7, 11) is 0. The van der Waals surface area contributed by atoms with Gasteiger partial charge < -0.3 is 5.73 Å². The monoisotopic (exact) mass is 181 g/mol. The Morgan fingerprint density at radius 3 is 2.67 bits per heavy atom. The standard InChI is InChI=1S/C8H11N3S/c1-6-3-2-4-7(5-6)11(10)8(9)12/h2-5H,10H2,1H3,(H2,9,12). The second-order valence-corrected chi connectivity index (χ2v) is 2.97. The van der Waals surface area contributed by atoms with Crippen molar-refractivity contribution in [1.82, 2.24) is 0 Å². The predicted molar refractivity (Wildman–Crippen MR) is 54.6 cm³/mol. The Kier molecular flexibility index (Phi) is 2.62. The number of rotatable bonds is 1. The van der Waals surface area contributed by atoms with Crippen LogP contribution in [0.5, 0.6) is 0 Å². The van der Waals surface area contributed by atoms with E-state index in [9.17, 15) is 0 Å². The Bertz CT molecular complexity index is 298. The molecule has 0 amide bonds. The first-order valence-corrected chi connectivity index (χ1v) is 3.93. The molecule has 4 heteroatoms. The summed E-state index contributed by atoms with van der Waals surface area (Å²) in [4.78, 5) is 0. The number of nitrogens with two attached hydrogens (primary N) is 2. The molecular formula is C8H11N3S. The summed E-state index contributed by atoms with van der Waals surface area (Å²) in [5.74, 6) is 5.57. The van der Waals surface area contributed by atoms with E-state index in [2.05, 4.69) is 0 Å². The minimum atomic E-state index is 0.167. The fourth-order valence-electron chi connectivity index (χ4n) is 0.905. The maximum Gasteiger partial charge on any atom is 0.185 e. The highest BCUT2D eigenvalue weighted by Gasteiger charge is 2.02. The molecule has 0 aliphatic heterocycles. The van der Waals surface area contributed by atoms with Gasteiger partial charge in [0.25, 0.3) is 0 Å². The number of nitrogens with zero attached hydrogens (tertiary/aromatic N) is 1. The van der Waals surface area contributed by atoms with Crippen molar-refractivity contribution in [3.05, 3.63) is 29.8 Å². The number of aryl methyl sites for hydroxylation is 1. The quantitative estimate of drug-likeness (QED) is 0.384. The Hall–Kier alpha value is -1.13. The van der Waals surface area contributed by atoms with Crippen molar-refractivity contribution < 1.29 is 0 Å². The first-order valence-electron chi connectivity index (χ1n) is 3.52. The van der Waals surface area contributed by atoms with Crippen LogP contribution in [-0.4, -0.2) is 5.11 Å². The van der Waals surface area contributed by atoms with Gasteiger partial charge in [0.05, 0.1) is 5.69 Å². The number of hydrogen-bond acceptors (Lipinski definition) is 2. The summed E-state index contributed by atoms with van der Waals surface area (Å²) in [6.45, 7) is 1.98. The third-order valence-electron chi connectivity index (χ3n) is 1.52. The predicted octanol–water partition coefficient (Wildman–Crippen LogP) is 0.919. The molecule has 0 spiro atoms. The molecule has 1 rings (SSSR count). The zero-order chi connectivity index (χ0) is 9.14. The second kappa shape index (κ2) is 3.51. The van der Waals surface area contributed by atoms with Crippen LogP contribution in [0.3, 0.4) is 0 Å². The normalized spacial score (nSPS) is 9.50. The maximum atomic E-state index is 5.57. The van der Waals surface area contributed by atoms with Crippen LogP contribution >= 0.6 is 12.2 Å². The number of anilines is 1. The average molecular weight is 181 g/mol. The van der Waals surface area contributed by atoms with Crippen LogP contribution in [0.4, 0.5) is 5.69 Å². The van der Waals surface area contributed by atoms with Gasteiger partial charge in [-0.2, -0.15) is 0 Å². The largest absolute Gasteiger partial charge is 0.375 e. The lowest BCUT2D eigenvalue weighted by atomic mass is 10.2. The molecule has 1 aromatic carbocycles. The molecule has 0 radical (unpaired) electrons. The first-order chi connectivity index (χ1) is 5.61. The zero-order valence-corrected chi connectivity index (χ0v) is 7.64. The van der Waals surface area contributed by atoms with E-state index < -0.39 is 0 Å². The van der Waals surface area contributed by atoms with Crippen LogP contribution in [-0.2, 0) is 0 Å². The highest BCUT2D eigenvalue weighted by atomic mass is 32.1. The van der Waals surface area contributed by atoms with Gasteiger partial charge in [-0.1, -0.05) is 12.1 Å². The van der Waals surface area contributed by atoms with Gasteiger partial charge in [-0.25, -0.2) is 5.84 Å². The molecule has 4 N–H and O–H groups in total. The van der Waals surface area contributed by atoms with Crippen LogP contribution < -0.4 is 16.6 Å². The molecule has 0 aliphatic rings. The lowest BCUT2D eigenvalue weighted by Gasteiger charge is -2.16. The Labute approximate surface area is 76.9 Å². The molecule has 0 unspecified atom stereocenters. The Balaban J connectivity index is 2.95. The molecule has 0 saturated heterocycles. The summed E-state index contributed by atoms with van der Waals surface area (Å²) >= 11 is 4.72. The fourth-order valence-corrected chi connectivity index (χ4v) is 1.01. The van der Waals surface area contributed by atoms with Crippen molar-refractivity contribution in [2.75, 3.05) is 5.01 Å². The van der Waals surface area contributed by atoms with E-state index in [1.807, 2.05) is 31.2 Å². The molecule has 0 saturated carbocycles. The van der Waals surface area contributed by atoms with Crippen LogP contribution in [0.2, 0.25) is 0 Å². The van der Waals surface area contributed by atoms with E-state index in [1.165, 1.54) is 5.01 Å². The van der Waals surface area contributed by atoms with Gasteiger partial charge in [0.15, 0.2) is 5.11 Å². The van der Waals surface area contributed by atoms with E-state index in [-0.39, 0.29) is 5.11 Å². The van der Waals surface area contributed by atoms with Gasteiger partial charge in [0.2, 0.25) is 0 Å². The van der Waals surface area contributed by atoms with Crippen molar-refractivity contribution in [3.8, 4) is 0 Å². The lowest BCUT2D eigenvalue weighted by Crippen LogP contribution is -2.41. The molecule has 0 bridgehead atoms. The van der Waals surface area contributed by atoms with E-state index in [4.69, 9.17) is 23.8 Å². The van der Waals surface area contributed by atoms with E-state index in [1.54, 1.807) is 0 Å². The highest BCUT2D eigenvalue weighted by Crippen LogP contribution is 2.12. The van der Waals surface area contributed by atoms with Gasteiger partial charge in [0.1, 0.15) is 0 Å². The number of hydrogen-bond donors (Lipinski definition) is 2. The van der Waals surface area contributed by atoms with Gasteiger partial charge >= 0.3 is 0 Å². The van der Waals surface area contributed by atoms with Gasteiger partial charge in [-0.3, -0.25) is 5.01 Å². The fraction of sp³-hybridized carbons (Fsp3) is 0.125. The molecule has 64 valence electrons. The lowest BCUT2D eigenvalue weighted by molar-refractivity contribution is 1.13. The SMILES string of the molecule is Cc1cccc(N(N)C(N)=S)c1. The topological polar surface area (TPSA) is 55.3 Å². The Morgan fingerprint density at radius 1 is 1.50 bits per heavy atom. The Morgan fingerprint density at radius 2 is 2.17 bits per heavy atom. The molecule has 3 nitrogen and oxygen atoms in total. The molecule has 0 atom stereocenters. The molecule has 0 heterocycles. The molecule has 0 aromatic heterocycles. The third-order valence-corrected chi connectivity index (χ3v) is 1.71. The van der Waals surface area contributed by atoms with Crippen LogP contribution in [0.25, 0.3) is 0 Å². The number of benzene rings is 1. The molecule has 0 aliphatic carbocycles. The van der Waals surface area contributed by atoms with Crippen LogP contribution in [0.1, 0.15) is 5.56 Å². The summed E-state index contributed by atoms with van der Waals surface area (Å²) in [5, 5.41) is 1.45. The number of thiocarbonyl (C=S) groups is 1. The summed E-state index contributed by atoms with van der Waals surface area (Å²) in [5.41, 5.74) is 7.28. The van der Waals surface area contributed by atoms with E-state index in [0.717, 1.165) is 11.3 Å².